The van der Waals surface area contributed by atoms with Gasteiger partial charge in [0.1, 0.15) is 6.61 Å². The molecule has 6 heteroatoms. The SMILES string of the molecule is CN(Cc1ccccc1)C(=O)COC(=O)[C@H]1COc2ccccc2O1. The lowest BCUT2D eigenvalue weighted by Gasteiger charge is -2.25. The Balaban J connectivity index is 1.48. The Hall–Kier alpha value is -3.02. The summed E-state index contributed by atoms with van der Waals surface area (Å²) in [6.45, 7) is 0.182. The molecule has 25 heavy (non-hydrogen) atoms. The molecular weight excluding hydrogens is 322 g/mol. The van der Waals surface area contributed by atoms with Gasteiger partial charge in [-0.25, -0.2) is 4.79 Å². The van der Waals surface area contributed by atoms with Crippen molar-refractivity contribution < 1.29 is 23.8 Å². The summed E-state index contributed by atoms with van der Waals surface area (Å²) in [5.74, 6) is 0.179. The second-order valence-corrected chi connectivity index (χ2v) is 5.71. The highest BCUT2D eigenvalue weighted by atomic mass is 16.6. The van der Waals surface area contributed by atoms with Crippen molar-refractivity contribution in [1.82, 2.24) is 4.90 Å². The lowest BCUT2D eigenvalue weighted by molar-refractivity contribution is -0.159. The van der Waals surface area contributed by atoms with Crippen molar-refractivity contribution in [2.45, 2.75) is 12.6 Å². The molecule has 0 spiro atoms. The molecule has 2 aromatic carbocycles. The monoisotopic (exact) mass is 341 g/mol. The molecule has 1 amide bonds. The summed E-state index contributed by atoms with van der Waals surface area (Å²) in [6.07, 6.45) is -0.873. The third-order valence-electron chi connectivity index (χ3n) is 3.80. The van der Waals surface area contributed by atoms with E-state index in [1.165, 1.54) is 4.90 Å². The van der Waals surface area contributed by atoms with Crippen LogP contribution in [0, 0.1) is 0 Å². The van der Waals surface area contributed by atoms with Gasteiger partial charge in [0.25, 0.3) is 5.91 Å². The van der Waals surface area contributed by atoms with Crippen LogP contribution in [-0.2, 0) is 20.9 Å². The van der Waals surface area contributed by atoms with Gasteiger partial charge in [0.15, 0.2) is 18.1 Å². The molecule has 6 nitrogen and oxygen atoms in total. The topological polar surface area (TPSA) is 65.1 Å². The number of para-hydroxylation sites is 2. The average Bonchev–Trinajstić information content (AvgIpc) is 2.66. The van der Waals surface area contributed by atoms with Crippen molar-refractivity contribution in [2.24, 2.45) is 0 Å². The lowest BCUT2D eigenvalue weighted by Crippen LogP contribution is -2.40. The predicted octanol–water partition coefficient (Wildman–Crippen LogP) is 2.03. The Labute approximate surface area is 145 Å². The molecular formula is C19H19NO5. The second kappa shape index (κ2) is 7.70. The number of rotatable bonds is 5. The van der Waals surface area contributed by atoms with E-state index >= 15 is 0 Å². The number of esters is 1. The summed E-state index contributed by atoms with van der Waals surface area (Å²) in [6, 6.07) is 16.7. The maximum absolute atomic E-state index is 12.1. The average molecular weight is 341 g/mol. The number of benzene rings is 2. The minimum absolute atomic E-state index is 0.0594. The largest absolute Gasteiger partial charge is 0.485 e. The van der Waals surface area contributed by atoms with Crippen LogP contribution in [0.4, 0.5) is 0 Å². The summed E-state index contributed by atoms with van der Waals surface area (Å²) in [5, 5.41) is 0. The fraction of sp³-hybridized carbons (Fsp3) is 0.263. The Morgan fingerprint density at radius 2 is 1.76 bits per heavy atom. The van der Waals surface area contributed by atoms with E-state index in [0.29, 0.717) is 18.0 Å². The van der Waals surface area contributed by atoms with Gasteiger partial charge in [-0.3, -0.25) is 4.79 Å². The number of amides is 1. The van der Waals surface area contributed by atoms with E-state index in [1.54, 1.807) is 25.2 Å². The fourth-order valence-corrected chi connectivity index (χ4v) is 2.42. The van der Waals surface area contributed by atoms with E-state index in [4.69, 9.17) is 14.2 Å². The number of carbonyl (C=O) groups is 2. The normalized spacial score (nSPS) is 15.3. The summed E-state index contributed by atoms with van der Waals surface area (Å²) in [4.78, 5) is 25.7. The molecule has 1 aliphatic heterocycles. The van der Waals surface area contributed by atoms with E-state index < -0.39 is 12.1 Å². The highest BCUT2D eigenvalue weighted by Crippen LogP contribution is 2.31. The number of fused-ring (bicyclic) bond motifs is 1. The first-order valence-corrected chi connectivity index (χ1v) is 7.96. The smallest absolute Gasteiger partial charge is 0.351 e. The molecule has 1 aliphatic rings. The minimum Gasteiger partial charge on any atom is -0.485 e. The molecule has 3 rings (SSSR count). The number of likely N-dealkylation sites (N-methyl/N-ethyl adjacent to an activating group) is 1. The van der Waals surface area contributed by atoms with Crippen LogP contribution in [0.25, 0.3) is 0 Å². The zero-order valence-corrected chi connectivity index (χ0v) is 13.9. The van der Waals surface area contributed by atoms with Gasteiger partial charge in [-0.15, -0.1) is 0 Å². The molecule has 0 aliphatic carbocycles. The van der Waals surface area contributed by atoms with Gasteiger partial charge in [0.05, 0.1) is 0 Å². The molecule has 130 valence electrons. The highest BCUT2D eigenvalue weighted by Gasteiger charge is 2.29. The maximum Gasteiger partial charge on any atom is 0.351 e. The Morgan fingerprint density at radius 1 is 1.08 bits per heavy atom. The zero-order chi connectivity index (χ0) is 17.6. The predicted molar refractivity (Wildman–Crippen MR) is 90.2 cm³/mol. The molecule has 1 heterocycles. The molecule has 0 saturated heterocycles. The molecule has 0 saturated carbocycles. The van der Waals surface area contributed by atoms with Crippen LogP contribution in [0.3, 0.4) is 0 Å². The highest BCUT2D eigenvalue weighted by molar-refractivity contribution is 5.82. The van der Waals surface area contributed by atoms with E-state index in [-0.39, 0.29) is 19.1 Å². The quantitative estimate of drug-likeness (QED) is 0.779. The van der Waals surface area contributed by atoms with E-state index in [9.17, 15) is 9.59 Å². The van der Waals surface area contributed by atoms with Crippen LogP contribution in [-0.4, -0.2) is 43.1 Å². The van der Waals surface area contributed by atoms with Gasteiger partial charge in [0.2, 0.25) is 6.10 Å². The Morgan fingerprint density at radius 3 is 2.52 bits per heavy atom. The third-order valence-corrected chi connectivity index (χ3v) is 3.80. The van der Waals surface area contributed by atoms with Crippen molar-refractivity contribution in [3.63, 3.8) is 0 Å². The first-order chi connectivity index (χ1) is 12.1. The molecule has 2 aromatic rings. The summed E-state index contributed by atoms with van der Waals surface area (Å²) in [7, 11) is 1.67. The van der Waals surface area contributed by atoms with Crippen molar-refractivity contribution in [3.8, 4) is 11.5 Å². The van der Waals surface area contributed by atoms with Crippen LogP contribution < -0.4 is 9.47 Å². The second-order valence-electron chi connectivity index (χ2n) is 5.71. The van der Waals surface area contributed by atoms with Crippen LogP contribution in [0.2, 0.25) is 0 Å². The number of hydrogen-bond donors (Lipinski definition) is 0. The number of ether oxygens (including phenoxy) is 3. The van der Waals surface area contributed by atoms with E-state index in [2.05, 4.69) is 0 Å². The van der Waals surface area contributed by atoms with Gasteiger partial charge < -0.3 is 19.1 Å². The van der Waals surface area contributed by atoms with E-state index in [1.807, 2.05) is 36.4 Å². The Kier molecular flexibility index (Phi) is 5.18. The maximum atomic E-state index is 12.1. The van der Waals surface area contributed by atoms with Crippen LogP contribution >= 0.6 is 0 Å². The summed E-state index contributed by atoms with van der Waals surface area (Å²) < 4.78 is 16.1. The lowest BCUT2D eigenvalue weighted by atomic mass is 10.2. The van der Waals surface area contributed by atoms with Gasteiger partial charge in [-0.2, -0.15) is 0 Å². The molecule has 0 N–H and O–H groups in total. The third kappa shape index (κ3) is 4.29. The van der Waals surface area contributed by atoms with Crippen molar-refractivity contribution in [2.75, 3.05) is 20.3 Å². The van der Waals surface area contributed by atoms with Gasteiger partial charge in [-0.05, 0) is 17.7 Å². The molecule has 0 radical (unpaired) electrons. The van der Waals surface area contributed by atoms with Crippen molar-refractivity contribution in [3.05, 3.63) is 60.2 Å². The van der Waals surface area contributed by atoms with Crippen LogP contribution in [0.1, 0.15) is 5.56 Å². The van der Waals surface area contributed by atoms with Crippen molar-refractivity contribution >= 4 is 11.9 Å². The molecule has 1 atom stereocenters. The molecule has 0 bridgehead atoms. The van der Waals surface area contributed by atoms with Gasteiger partial charge in [-0.1, -0.05) is 42.5 Å². The van der Waals surface area contributed by atoms with Gasteiger partial charge in [0, 0.05) is 13.6 Å². The number of hydrogen-bond acceptors (Lipinski definition) is 5. The molecule has 0 fully saturated rings. The van der Waals surface area contributed by atoms with Crippen molar-refractivity contribution in [1.29, 1.82) is 0 Å². The summed E-state index contributed by atoms with van der Waals surface area (Å²) >= 11 is 0. The standard InChI is InChI=1S/C19H19NO5/c1-20(11-14-7-3-2-4-8-14)18(21)13-24-19(22)17-12-23-15-9-5-6-10-16(15)25-17/h2-10,17H,11-13H2,1H3/t17-/m1/s1. The first-order valence-electron chi connectivity index (χ1n) is 7.96. The summed E-state index contributed by atoms with van der Waals surface area (Å²) in [5.41, 5.74) is 1.00. The first kappa shape index (κ1) is 16.8. The number of carbonyl (C=O) groups excluding carboxylic acids is 2. The van der Waals surface area contributed by atoms with Crippen LogP contribution in [0.5, 0.6) is 11.5 Å². The Bertz CT molecular complexity index is 746. The van der Waals surface area contributed by atoms with Crippen LogP contribution in [0.15, 0.2) is 54.6 Å². The molecule has 0 aromatic heterocycles. The molecule has 0 unspecified atom stereocenters. The minimum atomic E-state index is -0.873. The van der Waals surface area contributed by atoms with E-state index in [0.717, 1.165) is 5.56 Å². The van der Waals surface area contributed by atoms with Gasteiger partial charge >= 0.3 is 5.97 Å². The number of nitrogens with zero attached hydrogens (tertiary/aromatic N) is 1. The zero-order valence-electron chi connectivity index (χ0n) is 13.9. The fourth-order valence-electron chi connectivity index (χ4n) is 2.42.